The van der Waals surface area contributed by atoms with Crippen molar-refractivity contribution in [2.75, 3.05) is 47.0 Å². The number of benzene rings is 1. The molecule has 0 saturated heterocycles. The summed E-state index contributed by atoms with van der Waals surface area (Å²) in [5.74, 6) is 0.948. The molecular weight excluding hydrogens is 256 g/mol. The minimum atomic E-state index is 0.0841. The summed E-state index contributed by atoms with van der Waals surface area (Å²) in [6, 6.07) is 9.69. The van der Waals surface area contributed by atoms with Crippen LogP contribution in [-0.4, -0.2) is 57.8 Å². The molecule has 0 aliphatic heterocycles. The molecule has 0 radical (unpaired) electrons. The van der Waals surface area contributed by atoms with Gasteiger partial charge >= 0.3 is 0 Å². The number of ether oxygens (including phenoxy) is 2. The maximum Gasteiger partial charge on any atom is 0.236 e. The summed E-state index contributed by atoms with van der Waals surface area (Å²) in [4.78, 5) is 13.5. The standard InChI is InChI=1S/C15H24N2O3/c1-17(15(18)13-16-9-12-19-2)10-6-11-20-14-7-4-3-5-8-14/h3-5,7-8,16H,6,9-13H2,1-2H3. The molecule has 1 aromatic rings. The molecule has 112 valence electrons. The van der Waals surface area contributed by atoms with Gasteiger partial charge in [-0.3, -0.25) is 4.79 Å². The number of likely N-dealkylation sites (N-methyl/N-ethyl adjacent to an activating group) is 1. The van der Waals surface area contributed by atoms with Gasteiger partial charge in [0.1, 0.15) is 5.75 Å². The molecule has 1 N–H and O–H groups in total. The fourth-order valence-electron chi connectivity index (χ4n) is 1.64. The van der Waals surface area contributed by atoms with Gasteiger partial charge in [0, 0.05) is 27.2 Å². The highest BCUT2D eigenvalue weighted by molar-refractivity contribution is 5.77. The largest absolute Gasteiger partial charge is 0.494 e. The van der Waals surface area contributed by atoms with Crippen LogP contribution in [0.15, 0.2) is 30.3 Å². The summed E-state index contributed by atoms with van der Waals surface area (Å²) in [5, 5.41) is 3.04. The Morgan fingerprint density at radius 3 is 2.70 bits per heavy atom. The van der Waals surface area contributed by atoms with Gasteiger partial charge in [0.15, 0.2) is 0 Å². The first-order valence-corrected chi connectivity index (χ1v) is 6.85. The number of hydrogen-bond acceptors (Lipinski definition) is 4. The second-order valence-corrected chi connectivity index (χ2v) is 4.50. The average Bonchev–Trinajstić information content (AvgIpc) is 2.48. The Bertz CT molecular complexity index is 371. The van der Waals surface area contributed by atoms with Crippen LogP contribution in [0.4, 0.5) is 0 Å². The predicted molar refractivity (Wildman–Crippen MR) is 78.9 cm³/mol. The molecule has 0 fully saturated rings. The number of para-hydroxylation sites is 1. The number of amides is 1. The third-order valence-corrected chi connectivity index (χ3v) is 2.83. The number of carbonyl (C=O) groups excluding carboxylic acids is 1. The van der Waals surface area contributed by atoms with Gasteiger partial charge in [-0.15, -0.1) is 0 Å². The highest BCUT2D eigenvalue weighted by Gasteiger charge is 2.07. The van der Waals surface area contributed by atoms with E-state index in [2.05, 4.69) is 5.32 Å². The molecule has 5 heteroatoms. The fraction of sp³-hybridized carbons (Fsp3) is 0.533. The quantitative estimate of drug-likeness (QED) is 0.653. The number of hydrogen-bond donors (Lipinski definition) is 1. The van der Waals surface area contributed by atoms with Gasteiger partial charge in [0.05, 0.1) is 19.8 Å². The van der Waals surface area contributed by atoms with Crippen molar-refractivity contribution in [1.82, 2.24) is 10.2 Å². The van der Waals surface area contributed by atoms with Gasteiger partial charge in [0.2, 0.25) is 5.91 Å². The second-order valence-electron chi connectivity index (χ2n) is 4.50. The molecule has 0 aliphatic rings. The Labute approximate surface area is 120 Å². The zero-order valence-corrected chi connectivity index (χ0v) is 12.3. The maximum absolute atomic E-state index is 11.8. The van der Waals surface area contributed by atoms with Crippen molar-refractivity contribution >= 4 is 5.91 Å². The summed E-state index contributed by atoms with van der Waals surface area (Å²) in [6.07, 6.45) is 0.815. The maximum atomic E-state index is 11.8. The SMILES string of the molecule is COCCNCC(=O)N(C)CCCOc1ccccc1. The molecule has 0 bridgehead atoms. The summed E-state index contributed by atoms with van der Waals surface area (Å²) >= 11 is 0. The number of carbonyl (C=O) groups is 1. The molecule has 0 spiro atoms. The molecule has 1 aromatic carbocycles. The van der Waals surface area contributed by atoms with Crippen molar-refractivity contribution in [2.24, 2.45) is 0 Å². The van der Waals surface area contributed by atoms with Gasteiger partial charge in [-0.1, -0.05) is 18.2 Å². The molecule has 1 rings (SSSR count). The van der Waals surface area contributed by atoms with E-state index in [0.717, 1.165) is 12.2 Å². The van der Waals surface area contributed by atoms with Crippen molar-refractivity contribution in [2.45, 2.75) is 6.42 Å². The zero-order valence-electron chi connectivity index (χ0n) is 12.3. The van der Waals surface area contributed by atoms with Crippen LogP contribution in [0.1, 0.15) is 6.42 Å². The lowest BCUT2D eigenvalue weighted by atomic mass is 10.3. The Morgan fingerprint density at radius 1 is 1.25 bits per heavy atom. The van der Waals surface area contributed by atoms with E-state index in [4.69, 9.17) is 9.47 Å². The molecule has 0 unspecified atom stereocenters. The molecule has 0 saturated carbocycles. The normalized spacial score (nSPS) is 10.3. The molecule has 0 aliphatic carbocycles. The lowest BCUT2D eigenvalue weighted by Crippen LogP contribution is -2.37. The van der Waals surface area contributed by atoms with E-state index >= 15 is 0 Å². The van der Waals surface area contributed by atoms with E-state index in [-0.39, 0.29) is 5.91 Å². The van der Waals surface area contributed by atoms with E-state index in [9.17, 15) is 4.79 Å². The van der Waals surface area contributed by atoms with Gasteiger partial charge in [0.25, 0.3) is 0 Å². The van der Waals surface area contributed by atoms with Gasteiger partial charge in [-0.05, 0) is 18.6 Å². The lowest BCUT2D eigenvalue weighted by Gasteiger charge is -2.17. The number of nitrogens with one attached hydrogen (secondary N) is 1. The summed E-state index contributed by atoms with van der Waals surface area (Å²) < 4.78 is 10.5. The van der Waals surface area contributed by atoms with Crippen LogP contribution in [0.25, 0.3) is 0 Å². The summed E-state index contributed by atoms with van der Waals surface area (Å²) in [7, 11) is 3.45. The summed E-state index contributed by atoms with van der Waals surface area (Å²) in [5.41, 5.74) is 0. The molecule has 0 heterocycles. The molecule has 1 amide bonds. The van der Waals surface area contributed by atoms with E-state index in [1.165, 1.54) is 0 Å². The Hall–Kier alpha value is -1.59. The van der Waals surface area contributed by atoms with E-state index in [0.29, 0.717) is 32.8 Å². The Morgan fingerprint density at radius 2 is 2.00 bits per heavy atom. The highest BCUT2D eigenvalue weighted by atomic mass is 16.5. The van der Waals surface area contributed by atoms with Crippen molar-refractivity contribution in [3.05, 3.63) is 30.3 Å². The summed E-state index contributed by atoms with van der Waals surface area (Å²) in [6.45, 7) is 2.95. The van der Waals surface area contributed by atoms with E-state index < -0.39 is 0 Å². The van der Waals surface area contributed by atoms with Crippen LogP contribution in [0.2, 0.25) is 0 Å². The Kier molecular flexibility index (Phi) is 8.42. The monoisotopic (exact) mass is 280 g/mol. The molecular formula is C15H24N2O3. The smallest absolute Gasteiger partial charge is 0.236 e. The topological polar surface area (TPSA) is 50.8 Å². The van der Waals surface area contributed by atoms with Gasteiger partial charge in [-0.25, -0.2) is 0 Å². The van der Waals surface area contributed by atoms with Crippen LogP contribution in [0, 0.1) is 0 Å². The first kappa shape index (κ1) is 16.5. The zero-order chi connectivity index (χ0) is 14.6. The van der Waals surface area contributed by atoms with E-state index in [1.54, 1.807) is 12.0 Å². The molecule has 5 nitrogen and oxygen atoms in total. The van der Waals surface area contributed by atoms with Crippen molar-refractivity contribution in [3.63, 3.8) is 0 Å². The second kappa shape index (κ2) is 10.2. The third-order valence-electron chi connectivity index (χ3n) is 2.83. The van der Waals surface area contributed by atoms with Crippen LogP contribution in [0.3, 0.4) is 0 Å². The first-order chi connectivity index (χ1) is 9.74. The third kappa shape index (κ3) is 7.11. The lowest BCUT2D eigenvalue weighted by molar-refractivity contribution is -0.129. The fourth-order valence-corrected chi connectivity index (χ4v) is 1.64. The number of nitrogens with zero attached hydrogens (tertiary/aromatic N) is 1. The highest BCUT2D eigenvalue weighted by Crippen LogP contribution is 2.08. The van der Waals surface area contributed by atoms with Crippen LogP contribution in [0.5, 0.6) is 5.75 Å². The number of rotatable bonds is 10. The predicted octanol–water partition coefficient (Wildman–Crippen LogP) is 1.15. The van der Waals surface area contributed by atoms with Crippen LogP contribution < -0.4 is 10.1 Å². The van der Waals surface area contributed by atoms with Crippen molar-refractivity contribution in [1.29, 1.82) is 0 Å². The molecule has 0 aromatic heterocycles. The van der Waals surface area contributed by atoms with Crippen molar-refractivity contribution < 1.29 is 14.3 Å². The van der Waals surface area contributed by atoms with E-state index in [1.807, 2.05) is 37.4 Å². The average molecular weight is 280 g/mol. The molecule has 20 heavy (non-hydrogen) atoms. The number of methoxy groups -OCH3 is 1. The van der Waals surface area contributed by atoms with Crippen LogP contribution >= 0.6 is 0 Å². The van der Waals surface area contributed by atoms with Crippen LogP contribution in [-0.2, 0) is 9.53 Å². The van der Waals surface area contributed by atoms with Crippen molar-refractivity contribution in [3.8, 4) is 5.75 Å². The van der Waals surface area contributed by atoms with Gasteiger partial charge < -0.3 is 19.7 Å². The Balaban J connectivity index is 2.07. The minimum Gasteiger partial charge on any atom is -0.494 e. The van der Waals surface area contributed by atoms with Gasteiger partial charge in [-0.2, -0.15) is 0 Å². The molecule has 0 atom stereocenters. The minimum absolute atomic E-state index is 0.0841. The first-order valence-electron chi connectivity index (χ1n) is 6.85.